The molecule has 3 rings (SSSR count). The first kappa shape index (κ1) is 13.1. The van der Waals surface area contributed by atoms with Crippen LogP contribution in [0.25, 0.3) is 0 Å². The van der Waals surface area contributed by atoms with Crippen LogP contribution < -0.4 is 10.1 Å². The second-order valence-corrected chi connectivity index (χ2v) is 5.75. The second kappa shape index (κ2) is 5.21. The lowest BCUT2D eigenvalue weighted by Gasteiger charge is -2.38. The SMILES string of the molecule is CC1(C)CC(NCc2cccnn2)c2ccccc2O1. The van der Waals surface area contributed by atoms with Gasteiger partial charge in [0.1, 0.15) is 11.4 Å². The highest BCUT2D eigenvalue weighted by Gasteiger charge is 2.33. The van der Waals surface area contributed by atoms with Crippen LogP contribution in [0.3, 0.4) is 0 Å². The number of aromatic nitrogens is 2. The van der Waals surface area contributed by atoms with Gasteiger partial charge in [-0.15, -0.1) is 0 Å². The van der Waals surface area contributed by atoms with E-state index in [0.29, 0.717) is 6.54 Å². The zero-order valence-corrected chi connectivity index (χ0v) is 11.8. The fourth-order valence-electron chi connectivity index (χ4n) is 2.64. The van der Waals surface area contributed by atoms with Crippen molar-refractivity contribution in [2.45, 2.75) is 38.5 Å². The summed E-state index contributed by atoms with van der Waals surface area (Å²) in [5.41, 5.74) is 2.01. The van der Waals surface area contributed by atoms with Crippen LogP contribution in [-0.2, 0) is 6.54 Å². The number of hydrogen-bond acceptors (Lipinski definition) is 4. The van der Waals surface area contributed by atoms with Gasteiger partial charge in [0.15, 0.2) is 0 Å². The van der Waals surface area contributed by atoms with Gasteiger partial charge in [-0.1, -0.05) is 18.2 Å². The summed E-state index contributed by atoms with van der Waals surface area (Å²) in [6, 6.07) is 12.4. The average molecular weight is 269 g/mol. The van der Waals surface area contributed by atoms with Crippen molar-refractivity contribution in [3.05, 3.63) is 53.9 Å². The number of ether oxygens (including phenoxy) is 1. The van der Waals surface area contributed by atoms with Gasteiger partial charge in [0.2, 0.25) is 0 Å². The van der Waals surface area contributed by atoms with E-state index >= 15 is 0 Å². The Kier molecular flexibility index (Phi) is 3.40. The molecule has 0 spiro atoms. The first-order valence-electron chi connectivity index (χ1n) is 6.92. The van der Waals surface area contributed by atoms with Crippen molar-refractivity contribution < 1.29 is 4.74 Å². The highest BCUT2D eigenvalue weighted by molar-refractivity contribution is 5.38. The van der Waals surface area contributed by atoms with Crippen LogP contribution in [0.15, 0.2) is 42.6 Å². The van der Waals surface area contributed by atoms with Crippen molar-refractivity contribution in [2.75, 3.05) is 0 Å². The molecule has 0 bridgehead atoms. The summed E-state index contributed by atoms with van der Waals surface area (Å²) < 4.78 is 6.03. The topological polar surface area (TPSA) is 47.0 Å². The van der Waals surface area contributed by atoms with Gasteiger partial charge in [-0.3, -0.25) is 0 Å². The van der Waals surface area contributed by atoms with Crippen molar-refractivity contribution in [3.8, 4) is 5.75 Å². The van der Waals surface area contributed by atoms with Crippen molar-refractivity contribution >= 4 is 0 Å². The third kappa shape index (κ3) is 2.80. The minimum Gasteiger partial charge on any atom is -0.487 e. The number of nitrogens with one attached hydrogen (secondary N) is 1. The van der Waals surface area contributed by atoms with Crippen molar-refractivity contribution in [1.29, 1.82) is 0 Å². The maximum absolute atomic E-state index is 6.03. The number of hydrogen-bond donors (Lipinski definition) is 1. The number of nitrogens with zero attached hydrogens (tertiary/aromatic N) is 2. The lowest BCUT2D eigenvalue weighted by molar-refractivity contribution is 0.0656. The smallest absolute Gasteiger partial charge is 0.124 e. The normalized spacial score (nSPS) is 20.0. The lowest BCUT2D eigenvalue weighted by Crippen LogP contribution is -2.39. The van der Waals surface area contributed by atoms with Gasteiger partial charge in [-0.25, -0.2) is 0 Å². The lowest BCUT2D eigenvalue weighted by atomic mass is 9.89. The molecule has 104 valence electrons. The molecule has 2 aromatic rings. The third-order valence-electron chi connectivity index (χ3n) is 3.53. The summed E-state index contributed by atoms with van der Waals surface area (Å²) in [6.45, 7) is 4.96. The summed E-state index contributed by atoms with van der Waals surface area (Å²) in [5.74, 6) is 0.973. The molecule has 1 aromatic heterocycles. The van der Waals surface area contributed by atoms with Gasteiger partial charge < -0.3 is 10.1 Å². The minimum atomic E-state index is -0.158. The monoisotopic (exact) mass is 269 g/mol. The van der Waals surface area contributed by atoms with E-state index in [2.05, 4.69) is 41.5 Å². The maximum Gasteiger partial charge on any atom is 0.124 e. The molecule has 1 aromatic carbocycles. The Morgan fingerprint density at radius 1 is 1.25 bits per heavy atom. The zero-order valence-electron chi connectivity index (χ0n) is 11.8. The predicted octanol–water partition coefficient (Wildman–Crippen LogP) is 2.87. The Bertz CT molecular complexity index is 583. The molecule has 0 saturated carbocycles. The summed E-state index contributed by atoms with van der Waals surface area (Å²) in [5, 5.41) is 11.6. The molecule has 4 nitrogen and oxygen atoms in total. The quantitative estimate of drug-likeness (QED) is 0.930. The highest BCUT2D eigenvalue weighted by atomic mass is 16.5. The van der Waals surface area contributed by atoms with E-state index in [4.69, 9.17) is 4.74 Å². The Morgan fingerprint density at radius 3 is 2.90 bits per heavy atom. The molecule has 4 heteroatoms. The van der Waals surface area contributed by atoms with Gasteiger partial charge >= 0.3 is 0 Å². The Hall–Kier alpha value is -1.94. The van der Waals surface area contributed by atoms with Gasteiger partial charge in [0.25, 0.3) is 0 Å². The molecular formula is C16H19N3O. The Labute approximate surface area is 119 Å². The van der Waals surface area contributed by atoms with Crippen LogP contribution in [0.1, 0.15) is 37.6 Å². The first-order chi connectivity index (χ1) is 9.64. The summed E-state index contributed by atoms with van der Waals surface area (Å²) in [7, 11) is 0. The van der Waals surface area contributed by atoms with Gasteiger partial charge in [0, 0.05) is 30.8 Å². The fraction of sp³-hybridized carbons (Fsp3) is 0.375. The first-order valence-corrected chi connectivity index (χ1v) is 6.92. The molecule has 0 amide bonds. The number of rotatable bonds is 3. The van der Waals surface area contributed by atoms with Gasteiger partial charge in [0.05, 0.1) is 5.69 Å². The predicted molar refractivity (Wildman–Crippen MR) is 77.4 cm³/mol. The van der Waals surface area contributed by atoms with Crippen molar-refractivity contribution in [3.63, 3.8) is 0 Å². The Morgan fingerprint density at radius 2 is 2.10 bits per heavy atom. The third-order valence-corrected chi connectivity index (χ3v) is 3.53. The summed E-state index contributed by atoms with van der Waals surface area (Å²) in [4.78, 5) is 0. The van der Waals surface area contributed by atoms with Crippen LogP contribution in [0, 0.1) is 0 Å². The van der Waals surface area contributed by atoms with Crippen LogP contribution in [-0.4, -0.2) is 15.8 Å². The molecule has 1 aliphatic rings. The molecule has 0 aliphatic carbocycles. The maximum atomic E-state index is 6.03. The van der Waals surface area contributed by atoms with E-state index < -0.39 is 0 Å². The standard InChI is InChI=1S/C16H19N3O/c1-16(2)10-14(13-7-3-4-8-15(13)20-16)17-11-12-6-5-9-18-19-12/h3-9,14,17H,10-11H2,1-2H3. The van der Waals surface area contributed by atoms with Gasteiger partial charge in [-0.05, 0) is 32.0 Å². The number of fused-ring (bicyclic) bond motifs is 1. The average Bonchev–Trinajstić information content (AvgIpc) is 2.45. The van der Waals surface area contributed by atoms with E-state index in [0.717, 1.165) is 17.9 Å². The minimum absolute atomic E-state index is 0.158. The number of para-hydroxylation sites is 1. The molecule has 20 heavy (non-hydrogen) atoms. The van der Waals surface area contributed by atoms with E-state index in [1.54, 1.807) is 6.20 Å². The van der Waals surface area contributed by atoms with Crippen molar-refractivity contribution in [1.82, 2.24) is 15.5 Å². The van der Waals surface area contributed by atoms with Crippen LogP contribution >= 0.6 is 0 Å². The van der Waals surface area contributed by atoms with E-state index in [9.17, 15) is 0 Å². The highest BCUT2D eigenvalue weighted by Crippen LogP contribution is 2.39. The van der Waals surface area contributed by atoms with Gasteiger partial charge in [-0.2, -0.15) is 10.2 Å². The second-order valence-electron chi connectivity index (χ2n) is 5.75. The zero-order chi connectivity index (χ0) is 14.0. The molecule has 0 saturated heterocycles. The number of benzene rings is 1. The largest absolute Gasteiger partial charge is 0.487 e. The van der Waals surface area contributed by atoms with Crippen LogP contribution in [0.2, 0.25) is 0 Å². The van der Waals surface area contributed by atoms with Crippen molar-refractivity contribution in [2.24, 2.45) is 0 Å². The summed E-state index contributed by atoms with van der Waals surface area (Å²) >= 11 is 0. The molecule has 1 unspecified atom stereocenters. The molecule has 1 N–H and O–H groups in total. The van der Waals surface area contributed by atoms with E-state index in [-0.39, 0.29) is 11.6 Å². The molecule has 2 heterocycles. The van der Waals surface area contributed by atoms with Crippen LogP contribution in [0.4, 0.5) is 0 Å². The Balaban J connectivity index is 1.79. The fourth-order valence-corrected chi connectivity index (χ4v) is 2.64. The molecule has 1 aliphatic heterocycles. The molecule has 1 atom stereocenters. The summed E-state index contributed by atoms with van der Waals surface area (Å²) in [6.07, 6.45) is 2.63. The molecular weight excluding hydrogens is 250 g/mol. The van der Waals surface area contributed by atoms with E-state index in [1.165, 1.54) is 5.56 Å². The molecule has 0 fully saturated rings. The molecule has 0 radical (unpaired) electrons. The van der Waals surface area contributed by atoms with Crippen LogP contribution in [0.5, 0.6) is 5.75 Å². The van der Waals surface area contributed by atoms with E-state index in [1.807, 2.05) is 24.3 Å².